The van der Waals surface area contributed by atoms with Crippen LogP contribution in [-0.4, -0.2) is 42.1 Å². The molecule has 0 atom stereocenters. The Morgan fingerprint density at radius 3 is 2.93 bits per heavy atom. The third-order valence-electron chi connectivity index (χ3n) is 5.16. The van der Waals surface area contributed by atoms with Crippen molar-refractivity contribution < 1.29 is 18.7 Å². The van der Waals surface area contributed by atoms with E-state index in [0.717, 1.165) is 31.6 Å². The summed E-state index contributed by atoms with van der Waals surface area (Å²) < 4.78 is 24.3. The fraction of sp³-hybridized carbons (Fsp3) is 0.333. The lowest BCUT2D eigenvalue weighted by Gasteiger charge is -2.34. The first-order chi connectivity index (χ1) is 14.0. The fourth-order valence-corrected chi connectivity index (χ4v) is 3.70. The number of nitrogens with zero attached hydrogens (tertiary/aromatic N) is 2. The highest BCUT2D eigenvalue weighted by atomic mass is 35.5. The Morgan fingerprint density at radius 1 is 1.38 bits per heavy atom. The van der Waals surface area contributed by atoms with Gasteiger partial charge in [-0.1, -0.05) is 18.2 Å². The third kappa shape index (κ3) is 4.45. The van der Waals surface area contributed by atoms with Crippen LogP contribution in [0.5, 0.6) is 11.5 Å². The molecule has 0 unspecified atom stereocenters. The second-order valence-corrected chi connectivity index (χ2v) is 7.57. The summed E-state index contributed by atoms with van der Waals surface area (Å²) in [6.45, 7) is 6.37. The summed E-state index contributed by atoms with van der Waals surface area (Å²) in [5, 5.41) is 3.07. The van der Waals surface area contributed by atoms with Crippen molar-refractivity contribution in [3.8, 4) is 11.5 Å². The first kappa shape index (κ1) is 19.5. The van der Waals surface area contributed by atoms with Crippen molar-refractivity contribution in [3.63, 3.8) is 0 Å². The molecule has 1 aromatic carbocycles. The second kappa shape index (κ2) is 8.29. The van der Waals surface area contributed by atoms with Crippen LogP contribution in [0.15, 0.2) is 37.0 Å². The van der Waals surface area contributed by atoms with Gasteiger partial charge < -0.3 is 19.7 Å². The number of piperidine rings is 1. The number of hydrogen-bond acceptors (Lipinski definition) is 5. The Labute approximate surface area is 173 Å². The normalized spacial score (nSPS) is 16.6. The summed E-state index contributed by atoms with van der Waals surface area (Å²) in [7, 11) is 0. The molecule has 6 nitrogen and oxygen atoms in total. The number of pyridine rings is 1. The predicted molar refractivity (Wildman–Crippen MR) is 109 cm³/mol. The SMILES string of the molecule is C=C(c1cc2c(cn1)OCC(=O)N2)N1CCC(COc2ccc(F)cc2Cl)CC1. The zero-order chi connectivity index (χ0) is 20.4. The van der Waals surface area contributed by atoms with Gasteiger partial charge in [0, 0.05) is 13.1 Å². The Morgan fingerprint density at radius 2 is 2.17 bits per heavy atom. The number of ether oxygens (including phenoxy) is 2. The minimum absolute atomic E-state index is 0.00763. The number of rotatable bonds is 5. The van der Waals surface area contributed by atoms with Gasteiger partial charge in [-0.3, -0.25) is 9.78 Å². The quantitative estimate of drug-likeness (QED) is 0.797. The summed E-state index contributed by atoms with van der Waals surface area (Å²) in [5.41, 5.74) is 2.14. The van der Waals surface area contributed by atoms with Crippen LogP contribution in [0.4, 0.5) is 10.1 Å². The average Bonchev–Trinajstić information content (AvgIpc) is 2.72. The largest absolute Gasteiger partial charge is 0.492 e. The van der Waals surface area contributed by atoms with Crippen molar-refractivity contribution >= 4 is 28.9 Å². The van der Waals surface area contributed by atoms with Crippen LogP contribution < -0.4 is 14.8 Å². The van der Waals surface area contributed by atoms with E-state index >= 15 is 0 Å². The number of likely N-dealkylation sites (tertiary alicyclic amines) is 1. The van der Waals surface area contributed by atoms with E-state index in [0.29, 0.717) is 35.4 Å². The number of benzene rings is 1. The Kier molecular flexibility index (Phi) is 5.58. The zero-order valence-electron chi connectivity index (χ0n) is 15.8. The summed E-state index contributed by atoms with van der Waals surface area (Å²) in [4.78, 5) is 18.1. The lowest BCUT2D eigenvalue weighted by Crippen LogP contribution is -2.34. The van der Waals surface area contributed by atoms with Gasteiger partial charge >= 0.3 is 0 Å². The van der Waals surface area contributed by atoms with E-state index in [1.54, 1.807) is 18.3 Å². The smallest absolute Gasteiger partial charge is 0.262 e. The Hall–Kier alpha value is -2.80. The van der Waals surface area contributed by atoms with Gasteiger partial charge in [0.15, 0.2) is 12.4 Å². The summed E-state index contributed by atoms with van der Waals surface area (Å²) in [6.07, 6.45) is 3.48. The number of carbonyl (C=O) groups is 1. The molecule has 0 aliphatic carbocycles. The maximum Gasteiger partial charge on any atom is 0.262 e. The molecule has 8 heteroatoms. The number of fused-ring (bicyclic) bond motifs is 1. The molecule has 2 aliphatic rings. The maximum atomic E-state index is 13.1. The van der Waals surface area contributed by atoms with Crippen LogP contribution in [0.2, 0.25) is 5.02 Å². The maximum absolute atomic E-state index is 13.1. The molecule has 152 valence electrons. The Bertz CT molecular complexity index is 945. The summed E-state index contributed by atoms with van der Waals surface area (Å²) in [6, 6.07) is 5.94. The third-order valence-corrected chi connectivity index (χ3v) is 5.46. The van der Waals surface area contributed by atoms with E-state index in [1.165, 1.54) is 12.1 Å². The van der Waals surface area contributed by atoms with Crippen LogP contribution in [0.1, 0.15) is 18.5 Å². The molecule has 1 fully saturated rings. The van der Waals surface area contributed by atoms with Crippen LogP contribution in [0.25, 0.3) is 5.70 Å². The number of aromatic nitrogens is 1. The summed E-state index contributed by atoms with van der Waals surface area (Å²) >= 11 is 6.01. The minimum Gasteiger partial charge on any atom is -0.492 e. The molecule has 1 saturated heterocycles. The van der Waals surface area contributed by atoms with E-state index in [-0.39, 0.29) is 23.4 Å². The molecule has 0 saturated carbocycles. The Balaban J connectivity index is 1.32. The van der Waals surface area contributed by atoms with Gasteiger partial charge in [-0.15, -0.1) is 0 Å². The molecule has 0 bridgehead atoms. The molecule has 2 aromatic rings. The number of nitrogens with one attached hydrogen (secondary N) is 1. The van der Waals surface area contributed by atoms with Crippen molar-refractivity contribution in [2.24, 2.45) is 5.92 Å². The number of amides is 1. The molecule has 3 heterocycles. The van der Waals surface area contributed by atoms with E-state index in [2.05, 4.69) is 21.8 Å². The van der Waals surface area contributed by atoms with Crippen LogP contribution in [-0.2, 0) is 4.79 Å². The molecule has 0 spiro atoms. The predicted octanol–water partition coefficient (Wildman–Crippen LogP) is 3.97. The van der Waals surface area contributed by atoms with E-state index < -0.39 is 0 Å². The first-order valence-corrected chi connectivity index (χ1v) is 9.82. The highest BCUT2D eigenvalue weighted by Gasteiger charge is 2.23. The molecule has 29 heavy (non-hydrogen) atoms. The highest BCUT2D eigenvalue weighted by molar-refractivity contribution is 6.32. The van der Waals surface area contributed by atoms with Crippen molar-refractivity contribution in [2.75, 3.05) is 31.6 Å². The fourth-order valence-electron chi connectivity index (χ4n) is 3.47. The lowest BCUT2D eigenvalue weighted by molar-refractivity contribution is -0.118. The highest BCUT2D eigenvalue weighted by Crippen LogP contribution is 2.32. The van der Waals surface area contributed by atoms with E-state index in [9.17, 15) is 9.18 Å². The molecular weight excluding hydrogens is 397 g/mol. The van der Waals surface area contributed by atoms with Crippen LogP contribution >= 0.6 is 11.6 Å². The van der Waals surface area contributed by atoms with Crippen molar-refractivity contribution in [3.05, 3.63) is 53.6 Å². The topological polar surface area (TPSA) is 63.7 Å². The molecule has 4 rings (SSSR count). The van der Waals surface area contributed by atoms with Crippen LogP contribution in [0.3, 0.4) is 0 Å². The van der Waals surface area contributed by atoms with Crippen molar-refractivity contribution in [1.29, 1.82) is 0 Å². The number of carbonyl (C=O) groups excluding carboxylic acids is 1. The van der Waals surface area contributed by atoms with E-state index in [4.69, 9.17) is 21.1 Å². The molecular formula is C21H21ClFN3O3. The molecule has 1 amide bonds. The molecule has 1 N–H and O–H groups in total. The van der Waals surface area contributed by atoms with Crippen LogP contribution in [0, 0.1) is 11.7 Å². The molecule has 2 aliphatic heterocycles. The van der Waals surface area contributed by atoms with Gasteiger partial charge in [0.1, 0.15) is 11.6 Å². The molecule has 1 aromatic heterocycles. The number of anilines is 1. The monoisotopic (exact) mass is 417 g/mol. The van der Waals surface area contributed by atoms with Gasteiger partial charge in [-0.25, -0.2) is 4.39 Å². The van der Waals surface area contributed by atoms with Gasteiger partial charge in [0.25, 0.3) is 5.91 Å². The number of halogens is 2. The van der Waals surface area contributed by atoms with Crippen molar-refractivity contribution in [1.82, 2.24) is 9.88 Å². The van der Waals surface area contributed by atoms with Gasteiger partial charge in [-0.2, -0.15) is 0 Å². The standard InChI is InChI=1S/C21H21ClFN3O3/c1-13(17-9-18-20(10-24-17)29-12-21(27)25-18)26-6-4-14(5-7-26)11-28-19-3-2-15(23)8-16(19)22/h2-3,8-10,14H,1,4-7,11-12H2,(H,25,27). The van der Waals surface area contributed by atoms with Crippen molar-refractivity contribution in [2.45, 2.75) is 12.8 Å². The average molecular weight is 418 g/mol. The first-order valence-electron chi connectivity index (χ1n) is 9.44. The lowest BCUT2D eigenvalue weighted by atomic mass is 9.97. The molecule has 0 radical (unpaired) electrons. The summed E-state index contributed by atoms with van der Waals surface area (Å²) in [5.74, 6) is 0.890. The number of hydrogen-bond donors (Lipinski definition) is 1. The minimum atomic E-state index is -0.379. The van der Waals surface area contributed by atoms with E-state index in [1.807, 2.05) is 0 Å². The van der Waals surface area contributed by atoms with Gasteiger partial charge in [0.2, 0.25) is 0 Å². The zero-order valence-corrected chi connectivity index (χ0v) is 16.5. The van der Waals surface area contributed by atoms with Gasteiger partial charge in [0.05, 0.1) is 34.9 Å². The van der Waals surface area contributed by atoms with Gasteiger partial charge in [-0.05, 0) is 43.0 Å². The second-order valence-electron chi connectivity index (χ2n) is 7.17.